The number of allylic oxidation sites excluding steroid dienone is 6. The van der Waals surface area contributed by atoms with Crippen LogP contribution in [0.15, 0.2) is 33.8 Å². The van der Waals surface area contributed by atoms with Gasteiger partial charge in [0.15, 0.2) is 0 Å². The zero-order chi connectivity index (χ0) is 13.3. The number of hydrogen-bond donors (Lipinski definition) is 0. The Hall–Kier alpha value is -0.430. The molecule has 0 radical (unpaired) electrons. The Morgan fingerprint density at radius 3 is 2.00 bits per heavy atom. The summed E-state index contributed by atoms with van der Waals surface area (Å²) in [5, 5.41) is 0. The van der Waals surface area contributed by atoms with E-state index in [9.17, 15) is 0 Å². The van der Waals surface area contributed by atoms with Gasteiger partial charge in [-0.3, -0.25) is 0 Å². The third-order valence-corrected chi connectivity index (χ3v) is 3.97. The van der Waals surface area contributed by atoms with Crippen molar-refractivity contribution in [1.29, 1.82) is 0 Å². The van der Waals surface area contributed by atoms with Crippen LogP contribution in [0.2, 0.25) is 0 Å². The molecule has 0 fully saturated rings. The highest BCUT2D eigenvalue weighted by atomic mass is 32.2. The van der Waals surface area contributed by atoms with Crippen LogP contribution < -0.4 is 0 Å². The van der Waals surface area contributed by atoms with E-state index >= 15 is 0 Å². The first-order valence-corrected chi connectivity index (χ1v) is 7.69. The van der Waals surface area contributed by atoms with Gasteiger partial charge < -0.3 is 0 Å². The summed E-state index contributed by atoms with van der Waals surface area (Å²) in [6.07, 6.45) is 11.6. The van der Waals surface area contributed by atoms with Crippen LogP contribution in [-0.4, -0.2) is 6.26 Å². The Bertz CT molecular complexity index is 301. The average molecular weight is 252 g/mol. The maximum Gasteiger partial charge on any atom is -0.0140 e. The molecule has 0 unspecified atom stereocenters. The van der Waals surface area contributed by atoms with Crippen LogP contribution in [0.5, 0.6) is 0 Å². The summed E-state index contributed by atoms with van der Waals surface area (Å²) in [6, 6.07) is 0. The first kappa shape index (κ1) is 16.6. The number of hydrogen-bond acceptors (Lipinski definition) is 1. The molecule has 0 aromatic heterocycles. The van der Waals surface area contributed by atoms with Crippen LogP contribution >= 0.6 is 11.8 Å². The summed E-state index contributed by atoms with van der Waals surface area (Å²) in [6.45, 7) is 11.0. The molecule has 0 aliphatic carbocycles. The van der Waals surface area contributed by atoms with Crippen LogP contribution in [0.1, 0.15) is 60.3 Å². The SMILES string of the molecule is CSC(C)=C(C)CCC=C(C)CCC=C(C)C. The smallest absolute Gasteiger partial charge is 0.0140 e. The fourth-order valence-electron chi connectivity index (χ4n) is 1.58. The van der Waals surface area contributed by atoms with E-state index in [4.69, 9.17) is 0 Å². The lowest BCUT2D eigenvalue weighted by atomic mass is 10.1. The van der Waals surface area contributed by atoms with Crippen molar-refractivity contribution in [3.05, 3.63) is 33.8 Å². The van der Waals surface area contributed by atoms with Gasteiger partial charge in [-0.2, -0.15) is 0 Å². The molecule has 0 spiro atoms. The van der Waals surface area contributed by atoms with Crippen molar-refractivity contribution in [3.63, 3.8) is 0 Å². The molecular formula is C16H28S. The molecule has 0 N–H and O–H groups in total. The third kappa shape index (κ3) is 9.29. The molecule has 0 aromatic rings. The highest BCUT2D eigenvalue weighted by Gasteiger charge is 1.95. The molecule has 98 valence electrons. The highest BCUT2D eigenvalue weighted by molar-refractivity contribution is 8.02. The van der Waals surface area contributed by atoms with E-state index in [-0.39, 0.29) is 0 Å². The van der Waals surface area contributed by atoms with E-state index in [0.29, 0.717) is 0 Å². The second-order valence-electron chi connectivity index (χ2n) is 4.95. The van der Waals surface area contributed by atoms with Gasteiger partial charge in [-0.25, -0.2) is 0 Å². The summed E-state index contributed by atoms with van der Waals surface area (Å²) in [5.74, 6) is 0. The van der Waals surface area contributed by atoms with Gasteiger partial charge in [-0.15, -0.1) is 11.8 Å². The summed E-state index contributed by atoms with van der Waals surface area (Å²) >= 11 is 1.86. The maximum absolute atomic E-state index is 2.40. The molecule has 0 nitrogen and oxygen atoms in total. The molecule has 0 aliphatic rings. The minimum absolute atomic E-state index is 1.18. The predicted octanol–water partition coefficient (Wildman–Crippen LogP) is 6.12. The van der Waals surface area contributed by atoms with Gasteiger partial charge in [-0.1, -0.05) is 28.9 Å². The maximum atomic E-state index is 2.40. The van der Waals surface area contributed by atoms with E-state index in [1.807, 2.05) is 11.8 Å². The molecule has 0 heterocycles. The number of rotatable bonds is 7. The van der Waals surface area contributed by atoms with Gasteiger partial charge in [0.1, 0.15) is 0 Å². The van der Waals surface area contributed by atoms with Crippen molar-refractivity contribution in [2.45, 2.75) is 60.3 Å². The van der Waals surface area contributed by atoms with Crippen molar-refractivity contribution < 1.29 is 0 Å². The summed E-state index contributed by atoms with van der Waals surface area (Å²) in [4.78, 5) is 1.47. The largest absolute Gasteiger partial charge is 0.134 e. The topological polar surface area (TPSA) is 0 Å². The minimum Gasteiger partial charge on any atom is -0.134 e. The van der Waals surface area contributed by atoms with Crippen molar-refractivity contribution in [2.24, 2.45) is 0 Å². The molecule has 0 amide bonds. The lowest BCUT2D eigenvalue weighted by molar-refractivity contribution is 0.916. The molecule has 0 saturated heterocycles. The first-order valence-electron chi connectivity index (χ1n) is 6.46. The quantitative estimate of drug-likeness (QED) is 0.492. The average Bonchev–Trinajstić information content (AvgIpc) is 2.27. The summed E-state index contributed by atoms with van der Waals surface area (Å²) in [5.41, 5.74) is 4.48. The predicted molar refractivity (Wildman–Crippen MR) is 83.5 cm³/mol. The first-order chi connectivity index (χ1) is 7.97. The van der Waals surface area contributed by atoms with Gasteiger partial charge in [0, 0.05) is 0 Å². The lowest BCUT2D eigenvalue weighted by Crippen LogP contribution is -1.82. The van der Waals surface area contributed by atoms with Gasteiger partial charge >= 0.3 is 0 Å². The van der Waals surface area contributed by atoms with E-state index in [1.165, 1.54) is 47.3 Å². The van der Waals surface area contributed by atoms with Crippen LogP contribution in [0.25, 0.3) is 0 Å². The molecule has 0 atom stereocenters. The van der Waals surface area contributed by atoms with E-state index in [1.54, 1.807) is 0 Å². The fraction of sp³-hybridized carbons (Fsp3) is 0.625. The van der Waals surface area contributed by atoms with Crippen LogP contribution in [0, 0.1) is 0 Å². The van der Waals surface area contributed by atoms with Crippen molar-refractivity contribution in [3.8, 4) is 0 Å². The summed E-state index contributed by atoms with van der Waals surface area (Å²) < 4.78 is 0. The monoisotopic (exact) mass is 252 g/mol. The van der Waals surface area contributed by atoms with Gasteiger partial charge in [0.2, 0.25) is 0 Å². The Labute approximate surface area is 112 Å². The molecule has 0 aliphatic heterocycles. The Morgan fingerprint density at radius 2 is 1.47 bits per heavy atom. The van der Waals surface area contributed by atoms with Crippen molar-refractivity contribution >= 4 is 11.8 Å². The van der Waals surface area contributed by atoms with Crippen molar-refractivity contribution in [2.75, 3.05) is 6.26 Å². The molecule has 0 bridgehead atoms. The standard InChI is InChI=1S/C16H28S/c1-13(2)9-7-10-14(3)11-8-12-15(4)16(5)17-6/h9,11H,7-8,10,12H2,1-6H3. The Balaban J connectivity index is 3.96. The Morgan fingerprint density at radius 1 is 0.882 bits per heavy atom. The van der Waals surface area contributed by atoms with Gasteiger partial charge in [0.05, 0.1) is 0 Å². The highest BCUT2D eigenvalue weighted by Crippen LogP contribution is 2.20. The molecule has 0 rings (SSSR count). The van der Waals surface area contributed by atoms with E-state index < -0.39 is 0 Å². The Kier molecular flexibility index (Phi) is 9.34. The molecule has 1 heteroatoms. The third-order valence-electron chi connectivity index (χ3n) is 3.01. The molecule has 17 heavy (non-hydrogen) atoms. The van der Waals surface area contributed by atoms with Crippen LogP contribution in [0.4, 0.5) is 0 Å². The molecule has 0 aromatic carbocycles. The van der Waals surface area contributed by atoms with E-state index in [2.05, 4.69) is 53.0 Å². The van der Waals surface area contributed by atoms with Gasteiger partial charge in [0.25, 0.3) is 0 Å². The van der Waals surface area contributed by atoms with Crippen molar-refractivity contribution in [1.82, 2.24) is 0 Å². The van der Waals surface area contributed by atoms with Gasteiger partial charge in [-0.05, 0) is 71.5 Å². The lowest BCUT2D eigenvalue weighted by Gasteiger charge is -2.04. The fourth-order valence-corrected chi connectivity index (χ4v) is 2.03. The zero-order valence-corrected chi connectivity index (χ0v) is 13.2. The summed E-state index contributed by atoms with van der Waals surface area (Å²) in [7, 11) is 0. The molecule has 0 saturated carbocycles. The minimum atomic E-state index is 1.18. The second-order valence-corrected chi connectivity index (χ2v) is 5.97. The molecular weight excluding hydrogens is 224 g/mol. The van der Waals surface area contributed by atoms with E-state index in [0.717, 1.165) is 0 Å². The normalized spacial score (nSPS) is 13.4. The number of thioether (sulfide) groups is 1. The van der Waals surface area contributed by atoms with Crippen LogP contribution in [-0.2, 0) is 0 Å². The zero-order valence-electron chi connectivity index (χ0n) is 12.4. The second kappa shape index (κ2) is 9.58. The van der Waals surface area contributed by atoms with Crippen LogP contribution in [0.3, 0.4) is 0 Å².